The number of nitrogens with zero attached hydrogens (tertiary/aromatic N) is 4. The van der Waals surface area contributed by atoms with Crippen LogP contribution in [-0.4, -0.2) is 25.7 Å². The van der Waals surface area contributed by atoms with Crippen LogP contribution in [0, 0.1) is 0 Å². The van der Waals surface area contributed by atoms with E-state index in [1.54, 1.807) is 12.1 Å². The van der Waals surface area contributed by atoms with E-state index in [4.69, 9.17) is 0 Å². The van der Waals surface area contributed by atoms with E-state index in [-0.39, 0.29) is 18.0 Å². The SMILES string of the molecule is CCc1nnc(NC(=O)Cn2cnc3ccc(Br)cc3c2=O)s1. The van der Waals surface area contributed by atoms with Crippen molar-refractivity contribution in [2.45, 2.75) is 19.9 Å². The fraction of sp³-hybridized carbons (Fsp3) is 0.214. The largest absolute Gasteiger partial charge is 0.299 e. The summed E-state index contributed by atoms with van der Waals surface area (Å²) in [6.07, 6.45) is 2.13. The second kappa shape index (κ2) is 6.55. The minimum absolute atomic E-state index is 0.130. The van der Waals surface area contributed by atoms with Crippen LogP contribution in [0.2, 0.25) is 0 Å². The molecule has 118 valence electrons. The number of nitrogens with one attached hydrogen (secondary N) is 1. The average molecular weight is 394 g/mol. The molecule has 0 atom stereocenters. The van der Waals surface area contributed by atoms with Crippen LogP contribution in [0.25, 0.3) is 10.9 Å². The Hall–Kier alpha value is -2.13. The van der Waals surface area contributed by atoms with Gasteiger partial charge in [-0.1, -0.05) is 34.2 Å². The van der Waals surface area contributed by atoms with Gasteiger partial charge in [-0.25, -0.2) is 4.98 Å². The molecule has 0 aliphatic rings. The van der Waals surface area contributed by atoms with Crippen LogP contribution in [0.15, 0.2) is 33.8 Å². The van der Waals surface area contributed by atoms with Gasteiger partial charge in [0.25, 0.3) is 5.56 Å². The van der Waals surface area contributed by atoms with E-state index in [9.17, 15) is 9.59 Å². The predicted molar refractivity (Wildman–Crippen MR) is 91.6 cm³/mol. The zero-order valence-corrected chi connectivity index (χ0v) is 14.5. The van der Waals surface area contributed by atoms with Crippen LogP contribution >= 0.6 is 27.3 Å². The van der Waals surface area contributed by atoms with Gasteiger partial charge in [0.1, 0.15) is 11.6 Å². The lowest BCUT2D eigenvalue weighted by molar-refractivity contribution is -0.116. The molecule has 2 aromatic heterocycles. The summed E-state index contributed by atoms with van der Waals surface area (Å²) in [5.41, 5.74) is 0.324. The third-order valence-corrected chi connectivity index (χ3v) is 4.59. The van der Waals surface area contributed by atoms with Gasteiger partial charge in [-0.05, 0) is 24.6 Å². The second-order valence-electron chi connectivity index (χ2n) is 4.74. The fourth-order valence-electron chi connectivity index (χ4n) is 2.00. The molecule has 1 amide bonds. The summed E-state index contributed by atoms with van der Waals surface area (Å²) >= 11 is 4.64. The van der Waals surface area contributed by atoms with Crippen molar-refractivity contribution in [1.82, 2.24) is 19.7 Å². The van der Waals surface area contributed by atoms with Gasteiger partial charge in [0.15, 0.2) is 0 Å². The van der Waals surface area contributed by atoms with Gasteiger partial charge >= 0.3 is 0 Å². The van der Waals surface area contributed by atoms with E-state index < -0.39 is 0 Å². The first-order valence-electron chi connectivity index (χ1n) is 6.83. The standard InChI is InChI=1S/C14H12BrN5O2S/c1-2-12-18-19-14(23-12)17-11(21)6-20-7-16-10-4-3-8(15)5-9(10)13(20)22/h3-5,7H,2,6H2,1H3,(H,17,19,21). The lowest BCUT2D eigenvalue weighted by Gasteiger charge is -2.06. The first-order chi connectivity index (χ1) is 11.1. The molecule has 3 aromatic rings. The maximum absolute atomic E-state index is 12.4. The second-order valence-corrected chi connectivity index (χ2v) is 6.72. The van der Waals surface area contributed by atoms with Gasteiger partial charge in [-0.15, -0.1) is 10.2 Å². The lowest BCUT2D eigenvalue weighted by atomic mass is 10.2. The first kappa shape index (κ1) is 15.8. The van der Waals surface area contributed by atoms with E-state index >= 15 is 0 Å². The van der Waals surface area contributed by atoms with Crippen LogP contribution in [0.4, 0.5) is 5.13 Å². The Morgan fingerprint density at radius 3 is 2.96 bits per heavy atom. The highest BCUT2D eigenvalue weighted by atomic mass is 79.9. The summed E-state index contributed by atoms with van der Waals surface area (Å²) in [4.78, 5) is 28.7. The number of hydrogen-bond donors (Lipinski definition) is 1. The number of aromatic nitrogens is 4. The van der Waals surface area contributed by atoms with Gasteiger partial charge in [0.05, 0.1) is 17.2 Å². The first-order valence-corrected chi connectivity index (χ1v) is 8.44. The van der Waals surface area contributed by atoms with Crippen molar-refractivity contribution < 1.29 is 4.79 Å². The molecule has 0 radical (unpaired) electrons. The van der Waals surface area contributed by atoms with Crippen molar-refractivity contribution in [2.24, 2.45) is 0 Å². The van der Waals surface area contributed by atoms with Crippen molar-refractivity contribution in [3.63, 3.8) is 0 Å². The Morgan fingerprint density at radius 2 is 2.22 bits per heavy atom. The number of anilines is 1. The quantitative estimate of drug-likeness (QED) is 0.733. The van der Waals surface area contributed by atoms with Crippen LogP contribution in [0.1, 0.15) is 11.9 Å². The average Bonchev–Trinajstić information content (AvgIpc) is 2.98. The molecule has 0 aliphatic carbocycles. The molecule has 7 nitrogen and oxygen atoms in total. The summed E-state index contributed by atoms with van der Waals surface area (Å²) in [5, 5.41) is 12.2. The number of benzene rings is 1. The third-order valence-electron chi connectivity index (χ3n) is 3.12. The third kappa shape index (κ3) is 3.45. The van der Waals surface area contributed by atoms with Crippen molar-refractivity contribution in [1.29, 1.82) is 0 Å². The monoisotopic (exact) mass is 393 g/mol. The molecular weight excluding hydrogens is 382 g/mol. The Labute approximate surface area is 143 Å². The summed E-state index contributed by atoms with van der Waals surface area (Å²) in [6, 6.07) is 5.25. The Balaban J connectivity index is 1.82. The molecule has 3 rings (SSSR count). The molecule has 0 fully saturated rings. The van der Waals surface area contributed by atoms with Gasteiger partial charge in [-0.3, -0.25) is 19.5 Å². The van der Waals surface area contributed by atoms with Crippen molar-refractivity contribution >= 4 is 49.2 Å². The summed E-state index contributed by atoms with van der Waals surface area (Å²) in [6.45, 7) is 1.83. The van der Waals surface area contributed by atoms with E-state index in [1.165, 1.54) is 22.2 Å². The highest BCUT2D eigenvalue weighted by Gasteiger charge is 2.11. The van der Waals surface area contributed by atoms with E-state index in [0.717, 1.165) is 15.9 Å². The topological polar surface area (TPSA) is 89.8 Å². The molecule has 0 saturated heterocycles. The molecule has 9 heteroatoms. The minimum atomic E-state index is -0.345. The van der Waals surface area contributed by atoms with E-state index in [0.29, 0.717) is 16.0 Å². The molecule has 0 bridgehead atoms. The Kier molecular flexibility index (Phi) is 4.49. The number of amides is 1. The van der Waals surface area contributed by atoms with Crippen molar-refractivity contribution in [3.8, 4) is 0 Å². The summed E-state index contributed by atoms with van der Waals surface area (Å²) in [7, 11) is 0. The van der Waals surface area contributed by atoms with Gasteiger partial charge < -0.3 is 0 Å². The fourth-order valence-corrected chi connectivity index (χ4v) is 3.06. The normalized spacial score (nSPS) is 10.9. The van der Waals surface area contributed by atoms with Gasteiger partial charge in [0, 0.05) is 4.47 Å². The van der Waals surface area contributed by atoms with Crippen LogP contribution in [0.3, 0.4) is 0 Å². The summed E-state index contributed by atoms with van der Waals surface area (Å²) < 4.78 is 2.05. The van der Waals surface area contributed by atoms with Gasteiger partial charge in [0.2, 0.25) is 11.0 Å². The molecule has 23 heavy (non-hydrogen) atoms. The molecule has 1 N–H and O–H groups in total. The van der Waals surface area contributed by atoms with E-state index in [2.05, 4.69) is 36.4 Å². The number of rotatable bonds is 4. The maximum atomic E-state index is 12.4. The smallest absolute Gasteiger partial charge is 0.261 e. The zero-order chi connectivity index (χ0) is 16.4. The number of fused-ring (bicyclic) bond motifs is 1. The van der Waals surface area contributed by atoms with Crippen molar-refractivity contribution in [3.05, 3.63) is 44.4 Å². The lowest BCUT2D eigenvalue weighted by Crippen LogP contribution is -2.27. The zero-order valence-electron chi connectivity index (χ0n) is 12.1. The Bertz CT molecular complexity index is 936. The molecule has 0 unspecified atom stereocenters. The minimum Gasteiger partial charge on any atom is -0.299 e. The van der Waals surface area contributed by atoms with E-state index in [1.807, 2.05) is 13.0 Å². The van der Waals surface area contributed by atoms with Crippen LogP contribution < -0.4 is 10.9 Å². The highest BCUT2D eigenvalue weighted by Crippen LogP contribution is 2.16. The number of carbonyl (C=O) groups excluding carboxylic acids is 1. The predicted octanol–water partition coefficient (Wildman–Crippen LogP) is 2.21. The van der Waals surface area contributed by atoms with Gasteiger partial charge in [-0.2, -0.15) is 0 Å². The molecule has 0 spiro atoms. The number of aryl methyl sites for hydroxylation is 1. The molecule has 0 aliphatic heterocycles. The highest BCUT2D eigenvalue weighted by molar-refractivity contribution is 9.10. The van der Waals surface area contributed by atoms with Crippen molar-refractivity contribution in [2.75, 3.05) is 5.32 Å². The summed E-state index contributed by atoms with van der Waals surface area (Å²) in [5.74, 6) is -0.345. The van der Waals surface area contributed by atoms with Crippen LogP contribution in [-0.2, 0) is 17.8 Å². The Morgan fingerprint density at radius 1 is 1.39 bits per heavy atom. The number of carbonyl (C=O) groups is 1. The maximum Gasteiger partial charge on any atom is 0.261 e. The van der Waals surface area contributed by atoms with Crippen LogP contribution in [0.5, 0.6) is 0 Å². The molecule has 1 aromatic carbocycles. The molecular formula is C14H12BrN5O2S. The number of halogens is 1. The molecule has 0 saturated carbocycles. The number of hydrogen-bond acceptors (Lipinski definition) is 6. The molecule has 2 heterocycles.